The molecule has 1 N–H and O–H groups in total. The summed E-state index contributed by atoms with van der Waals surface area (Å²) in [5, 5.41) is 12.8. The lowest BCUT2D eigenvalue weighted by Gasteiger charge is -2.11. The smallest absolute Gasteiger partial charge is 0.316 e. The highest BCUT2D eigenvalue weighted by Crippen LogP contribution is 2.12. The molecular weight excluding hydrogens is 186 g/mol. The zero-order chi connectivity index (χ0) is 10.1. The van der Waals surface area contributed by atoms with Gasteiger partial charge in [-0.2, -0.15) is 4.98 Å². The Kier molecular flexibility index (Phi) is 2.20. The fourth-order valence-corrected chi connectivity index (χ4v) is 1.45. The lowest BCUT2D eigenvalue weighted by Crippen LogP contribution is -2.29. The van der Waals surface area contributed by atoms with Gasteiger partial charge in [0.25, 0.3) is 0 Å². The first-order valence-corrected chi connectivity index (χ1v) is 4.44. The van der Waals surface area contributed by atoms with Crippen molar-refractivity contribution in [1.82, 2.24) is 15.0 Å². The molecule has 0 saturated carbocycles. The molecule has 1 fully saturated rings. The fraction of sp³-hybridized carbons (Fsp3) is 0.625. The van der Waals surface area contributed by atoms with Crippen LogP contribution < -0.4 is 0 Å². The Hall–Kier alpha value is -1.43. The molecule has 0 aliphatic carbocycles. The van der Waals surface area contributed by atoms with Crippen molar-refractivity contribution in [2.75, 3.05) is 13.1 Å². The van der Waals surface area contributed by atoms with E-state index in [9.17, 15) is 9.90 Å². The predicted molar refractivity (Wildman–Crippen MR) is 45.6 cm³/mol. The number of carbonyl (C=O) groups excluding carboxylic acids is 1. The maximum Gasteiger partial charge on any atom is 0.316 e. The third-order valence-corrected chi connectivity index (χ3v) is 2.16. The molecule has 1 aromatic rings. The molecule has 0 radical (unpaired) electrons. The lowest BCUT2D eigenvalue weighted by molar-refractivity contribution is 0.0716. The van der Waals surface area contributed by atoms with Gasteiger partial charge in [-0.05, 0) is 13.3 Å². The summed E-state index contributed by atoms with van der Waals surface area (Å²) in [7, 11) is 0. The minimum atomic E-state index is -0.428. The number of aliphatic hydroxyl groups is 1. The van der Waals surface area contributed by atoms with E-state index in [1.807, 2.05) is 0 Å². The Balaban J connectivity index is 2.09. The van der Waals surface area contributed by atoms with Gasteiger partial charge in [-0.15, -0.1) is 0 Å². The van der Waals surface area contributed by atoms with Crippen molar-refractivity contribution in [3.63, 3.8) is 0 Å². The third-order valence-electron chi connectivity index (χ3n) is 2.16. The summed E-state index contributed by atoms with van der Waals surface area (Å²) in [6.07, 6.45) is 0.182. The molecule has 2 heterocycles. The Morgan fingerprint density at radius 3 is 3.00 bits per heavy atom. The maximum absolute atomic E-state index is 11.6. The van der Waals surface area contributed by atoms with Crippen LogP contribution in [0.5, 0.6) is 0 Å². The zero-order valence-electron chi connectivity index (χ0n) is 7.80. The highest BCUT2D eigenvalue weighted by molar-refractivity contribution is 5.89. The normalized spacial score (nSPS) is 21.6. The summed E-state index contributed by atoms with van der Waals surface area (Å²) in [4.78, 5) is 17.0. The highest BCUT2D eigenvalue weighted by Gasteiger charge is 2.28. The second kappa shape index (κ2) is 3.38. The number of aliphatic hydroxyl groups excluding tert-OH is 1. The first-order valence-electron chi connectivity index (χ1n) is 4.44. The van der Waals surface area contributed by atoms with Crippen LogP contribution >= 0.6 is 0 Å². The first kappa shape index (κ1) is 9.14. The van der Waals surface area contributed by atoms with Crippen molar-refractivity contribution in [3.05, 3.63) is 11.7 Å². The van der Waals surface area contributed by atoms with Crippen molar-refractivity contribution in [2.45, 2.75) is 19.4 Å². The molecule has 0 bridgehead atoms. The van der Waals surface area contributed by atoms with E-state index >= 15 is 0 Å². The van der Waals surface area contributed by atoms with E-state index in [0.29, 0.717) is 25.3 Å². The van der Waals surface area contributed by atoms with Gasteiger partial charge in [-0.1, -0.05) is 5.16 Å². The minimum Gasteiger partial charge on any atom is -0.391 e. The molecule has 0 spiro atoms. The fourth-order valence-electron chi connectivity index (χ4n) is 1.45. The molecule has 0 aromatic carbocycles. The molecule has 14 heavy (non-hydrogen) atoms. The minimum absolute atomic E-state index is 0.00315. The molecule has 1 unspecified atom stereocenters. The van der Waals surface area contributed by atoms with Crippen molar-refractivity contribution in [3.8, 4) is 0 Å². The summed E-state index contributed by atoms with van der Waals surface area (Å²) < 4.78 is 4.74. The first-order chi connectivity index (χ1) is 6.66. The molecule has 76 valence electrons. The van der Waals surface area contributed by atoms with Gasteiger partial charge in [-0.3, -0.25) is 4.79 Å². The third kappa shape index (κ3) is 1.60. The van der Waals surface area contributed by atoms with Crippen LogP contribution in [0.15, 0.2) is 4.52 Å². The van der Waals surface area contributed by atoms with Crippen molar-refractivity contribution < 1.29 is 14.4 Å². The monoisotopic (exact) mass is 197 g/mol. The number of β-amino-alcohol motifs (C(OH)–C–C–N with tert-alkyl or cyclic N) is 1. The van der Waals surface area contributed by atoms with E-state index in [1.54, 1.807) is 6.92 Å². The van der Waals surface area contributed by atoms with Crippen molar-refractivity contribution in [2.24, 2.45) is 0 Å². The van der Waals surface area contributed by atoms with Crippen LogP contribution in [-0.2, 0) is 0 Å². The molecule has 6 heteroatoms. The Morgan fingerprint density at radius 1 is 1.71 bits per heavy atom. The molecule has 6 nitrogen and oxygen atoms in total. The number of aromatic nitrogens is 2. The largest absolute Gasteiger partial charge is 0.391 e. The van der Waals surface area contributed by atoms with Crippen molar-refractivity contribution >= 4 is 5.91 Å². The SMILES string of the molecule is Cc1noc(C(=O)N2CCC(O)C2)n1. The molecule has 2 rings (SSSR count). The van der Waals surface area contributed by atoms with Gasteiger partial charge in [0.05, 0.1) is 6.10 Å². The molecule has 1 aliphatic rings. The summed E-state index contributed by atoms with van der Waals surface area (Å²) >= 11 is 0. The average molecular weight is 197 g/mol. The number of hydrogen-bond acceptors (Lipinski definition) is 5. The van der Waals surface area contributed by atoms with Gasteiger partial charge in [0.1, 0.15) is 0 Å². The Bertz CT molecular complexity index is 349. The number of amides is 1. The Morgan fingerprint density at radius 2 is 2.50 bits per heavy atom. The number of nitrogens with zero attached hydrogens (tertiary/aromatic N) is 3. The Labute approximate surface area is 80.5 Å². The quantitative estimate of drug-likeness (QED) is 0.661. The average Bonchev–Trinajstić information content (AvgIpc) is 2.73. The second-order valence-corrected chi connectivity index (χ2v) is 3.34. The van der Waals surface area contributed by atoms with Gasteiger partial charge in [-0.25, -0.2) is 0 Å². The number of rotatable bonds is 1. The van der Waals surface area contributed by atoms with Crippen LogP contribution in [0.3, 0.4) is 0 Å². The molecule has 1 aliphatic heterocycles. The number of hydrogen-bond donors (Lipinski definition) is 1. The molecule has 1 atom stereocenters. The van der Waals surface area contributed by atoms with E-state index in [1.165, 1.54) is 4.90 Å². The zero-order valence-corrected chi connectivity index (χ0v) is 7.80. The lowest BCUT2D eigenvalue weighted by atomic mass is 10.3. The summed E-state index contributed by atoms with van der Waals surface area (Å²) in [5.74, 6) is 0.131. The van der Waals surface area contributed by atoms with E-state index in [2.05, 4.69) is 10.1 Å². The topological polar surface area (TPSA) is 79.5 Å². The summed E-state index contributed by atoms with van der Waals surface area (Å²) in [5.41, 5.74) is 0. The van der Waals surface area contributed by atoms with Crippen LogP contribution in [0, 0.1) is 6.92 Å². The van der Waals surface area contributed by atoms with Crippen LogP contribution in [0.4, 0.5) is 0 Å². The number of carbonyl (C=O) groups is 1. The summed E-state index contributed by atoms with van der Waals surface area (Å²) in [6.45, 7) is 2.54. The standard InChI is InChI=1S/C8H11N3O3/c1-5-9-7(14-10-5)8(13)11-3-2-6(12)4-11/h6,12H,2-4H2,1H3. The van der Waals surface area contributed by atoms with E-state index < -0.39 is 6.10 Å². The van der Waals surface area contributed by atoms with Gasteiger partial charge >= 0.3 is 11.8 Å². The van der Waals surface area contributed by atoms with Crippen molar-refractivity contribution in [1.29, 1.82) is 0 Å². The van der Waals surface area contributed by atoms with Gasteiger partial charge in [0, 0.05) is 13.1 Å². The van der Waals surface area contributed by atoms with Crippen LogP contribution in [-0.4, -0.2) is 45.2 Å². The summed E-state index contributed by atoms with van der Waals surface area (Å²) in [6, 6.07) is 0. The predicted octanol–water partition coefficient (Wildman–Crippen LogP) is -0.415. The van der Waals surface area contributed by atoms with Crippen LogP contribution in [0.1, 0.15) is 22.9 Å². The molecule has 1 amide bonds. The van der Waals surface area contributed by atoms with Crippen LogP contribution in [0.2, 0.25) is 0 Å². The van der Waals surface area contributed by atoms with E-state index in [0.717, 1.165) is 0 Å². The molecule has 1 saturated heterocycles. The molecular formula is C8H11N3O3. The number of likely N-dealkylation sites (tertiary alicyclic amines) is 1. The number of aryl methyl sites for hydroxylation is 1. The highest BCUT2D eigenvalue weighted by atomic mass is 16.5. The maximum atomic E-state index is 11.6. The van der Waals surface area contributed by atoms with Gasteiger partial charge in [0.15, 0.2) is 5.82 Å². The van der Waals surface area contributed by atoms with Crippen LogP contribution in [0.25, 0.3) is 0 Å². The van der Waals surface area contributed by atoms with E-state index in [-0.39, 0.29) is 11.8 Å². The van der Waals surface area contributed by atoms with E-state index in [4.69, 9.17) is 4.52 Å². The van der Waals surface area contributed by atoms with Gasteiger partial charge in [0.2, 0.25) is 0 Å². The second-order valence-electron chi connectivity index (χ2n) is 3.34. The van der Waals surface area contributed by atoms with Gasteiger partial charge < -0.3 is 14.5 Å². The molecule has 1 aromatic heterocycles.